The molecule has 2 unspecified atom stereocenters. The van der Waals surface area contributed by atoms with Crippen molar-refractivity contribution in [2.45, 2.75) is 23.9 Å². The number of alkyl halides is 2. The quantitative estimate of drug-likeness (QED) is 0.524. The first kappa shape index (κ1) is 10.6. The molecule has 0 aromatic heterocycles. The van der Waals surface area contributed by atoms with E-state index in [4.69, 9.17) is 27.9 Å². The summed E-state index contributed by atoms with van der Waals surface area (Å²) in [5.74, 6) is -0.275. The molecule has 0 bridgehead atoms. The van der Waals surface area contributed by atoms with Crippen LogP contribution in [-0.4, -0.2) is 36.0 Å². The Hall–Kier alpha value is -0.480. The second-order valence-corrected chi connectivity index (χ2v) is 3.66. The zero-order chi connectivity index (χ0) is 10.0. The maximum absolute atomic E-state index is 11.1. The largest absolute Gasteiger partial charge is 0.473 e. The normalized spacial score (nSPS) is 27.0. The summed E-state index contributed by atoms with van der Waals surface area (Å²) in [4.78, 5) is 14.2. The molecule has 0 amide bonds. The highest BCUT2D eigenvalue weighted by atomic mass is 35.5. The van der Waals surface area contributed by atoms with Crippen molar-refractivity contribution in [2.24, 2.45) is 4.99 Å². The highest BCUT2D eigenvalue weighted by Gasteiger charge is 2.35. The van der Waals surface area contributed by atoms with Crippen LogP contribution in [0.4, 0.5) is 0 Å². The van der Waals surface area contributed by atoms with E-state index in [-0.39, 0.29) is 12.0 Å². The average Bonchev–Trinajstić information content (AvgIpc) is 2.46. The molecule has 0 spiro atoms. The summed E-state index contributed by atoms with van der Waals surface area (Å²) < 4.78 is 9.66. The number of ether oxygens (including phenoxy) is 2. The minimum absolute atomic E-state index is 0.172. The monoisotopic (exact) mass is 225 g/mol. The highest BCUT2D eigenvalue weighted by Crippen LogP contribution is 2.19. The van der Waals surface area contributed by atoms with E-state index in [1.54, 1.807) is 6.92 Å². The second kappa shape index (κ2) is 4.15. The van der Waals surface area contributed by atoms with Gasteiger partial charge in [-0.05, 0) is 6.92 Å². The van der Waals surface area contributed by atoms with E-state index in [0.717, 1.165) is 0 Å². The summed E-state index contributed by atoms with van der Waals surface area (Å²) >= 11 is 11.0. The number of nitrogens with zero attached hydrogens (tertiary/aromatic N) is 1. The minimum atomic E-state index is -0.836. The minimum Gasteiger partial charge on any atom is -0.473 e. The van der Waals surface area contributed by atoms with Gasteiger partial charge in [-0.25, -0.2) is 9.79 Å². The Morgan fingerprint density at radius 3 is 2.69 bits per heavy atom. The van der Waals surface area contributed by atoms with E-state index in [1.807, 2.05) is 0 Å². The van der Waals surface area contributed by atoms with Crippen LogP contribution in [0.15, 0.2) is 4.99 Å². The van der Waals surface area contributed by atoms with Gasteiger partial charge in [-0.1, -0.05) is 23.2 Å². The van der Waals surface area contributed by atoms with Gasteiger partial charge in [0.2, 0.25) is 5.90 Å². The third-order valence-electron chi connectivity index (χ3n) is 1.65. The fourth-order valence-electron chi connectivity index (χ4n) is 1.00. The fraction of sp³-hybridized carbons (Fsp3) is 0.714. The third kappa shape index (κ3) is 2.25. The maximum Gasteiger partial charge on any atom is 0.334 e. The highest BCUT2D eigenvalue weighted by molar-refractivity contribution is 6.53. The molecule has 0 saturated heterocycles. The molecule has 2 atom stereocenters. The van der Waals surface area contributed by atoms with Crippen molar-refractivity contribution in [3.05, 3.63) is 0 Å². The molecule has 0 aliphatic carbocycles. The van der Waals surface area contributed by atoms with Crippen LogP contribution in [0.5, 0.6) is 0 Å². The predicted molar refractivity (Wildman–Crippen MR) is 49.3 cm³/mol. The third-order valence-corrected chi connectivity index (χ3v) is 2.02. The number of carbonyl (C=O) groups is 1. The first-order valence-corrected chi connectivity index (χ1v) is 4.54. The van der Waals surface area contributed by atoms with Crippen LogP contribution in [0.1, 0.15) is 6.92 Å². The molecule has 1 heterocycles. The van der Waals surface area contributed by atoms with Gasteiger partial charge in [-0.2, -0.15) is 0 Å². The van der Waals surface area contributed by atoms with Gasteiger partial charge in [0, 0.05) is 0 Å². The lowest BCUT2D eigenvalue weighted by atomic mass is 10.2. The van der Waals surface area contributed by atoms with Crippen LogP contribution in [-0.2, 0) is 14.3 Å². The van der Waals surface area contributed by atoms with E-state index in [9.17, 15) is 4.79 Å². The fourth-order valence-corrected chi connectivity index (χ4v) is 1.22. The van der Waals surface area contributed by atoms with Crippen molar-refractivity contribution in [3.8, 4) is 0 Å². The molecule has 0 aromatic carbocycles. The number of aliphatic imine (C=N–C) groups is 1. The first-order valence-electron chi connectivity index (χ1n) is 3.66. The molecule has 0 radical (unpaired) electrons. The number of esters is 1. The molecule has 1 aliphatic rings. The summed E-state index contributed by atoms with van der Waals surface area (Å²) in [5.41, 5.74) is 0. The zero-order valence-electron chi connectivity index (χ0n) is 7.16. The number of carbonyl (C=O) groups excluding carboxylic acids is 1. The molecule has 6 heteroatoms. The SMILES string of the molecule is COC(=O)C1N=C(C(Cl)Cl)OC1C. The van der Waals surface area contributed by atoms with Crippen LogP contribution < -0.4 is 0 Å². The molecular formula is C7H9Cl2NO3. The van der Waals surface area contributed by atoms with Crippen LogP contribution in [0.3, 0.4) is 0 Å². The molecule has 0 fully saturated rings. The Balaban J connectivity index is 2.72. The van der Waals surface area contributed by atoms with Crippen LogP contribution >= 0.6 is 23.2 Å². The average molecular weight is 226 g/mol. The van der Waals surface area contributed by atoms with E-state index in [0.29, 0.717) is 0 Å². The number of halogens is 2. The van der Waals surface area contributed by atoms with Crippen molar-refractivity contribution in [2.75, 3.05) is 7.11 Å². The molecular weight excluding hydrogens is 217 g/mol. The standard InChI is InChI=1S/C7H9Cl2NO3/c1-3-4(7(11)12-2)10-6(13-3)5(8)9/h3-5H,1-2H3. The van der Waals surface area contributed by atoms with Crippen LogP contribution in [0.2, 0.25) is 0 Å². The van der Waals surface area contributed by atoms with Gasteiger partial charge in [0.15, 0.2) is 10.9 Å². The Bertz CT molecular complexity index is 242. The van der Waals surface area contributed by atoms with Gasteiger partial charge in [0.05, 0.1) is 7.11 Å². The van der Waals surface area contributed by atoms with E-state index in [2.05, 4.69) is 9.73 Å². The van der Waals surface area contributed by atoms with Gasteiger partial charge < -0.3 is 9.47 Å². The van der Waals surface area contributed by atoms with Gasteiger partial charge in [-0.15, -0.1) is 0 Å². The molecule has 4 nitrogen and oxygen atoms in total. The molecule has 1 rings (SSSR count). The van der Waals surface area contributed by atoms with Gasteiger partial charge in [0.25, 0.3) is 0 Å². The van der Waals surface area contributed by atoms with E-state index >= 15 is 0 Å². The Labute approximate surface area is 85.8 Å². The summed E-state index contributed by atoms with van der Waals surface area (Å²) in [5, 5.41) is 0. The molecule has 13 heavy (non-hydrogen) atoms. The van der Waals surface area contributed by atoms with Crippen molar-refractivity contribution in [1.29, 1.82) is 0 Å². The predicted octanol–water partition coefficient (Wildman–Crippen LogP) is 1.15. The van der Waals surface area contributed by atoms with Gasteiger partial charge in [0.1, 0.15) is 6.10 Å². The van der Waals surface area contributed by atoms with Gasteiger partial charge >= 0.3 is 5.97 Å². The lowest BCUT2D eigenvalue weighted by Gasteiger charge is -2.09. The molecule has 0 N–H and O–H groups in total. The zero-order valence-corrected chi connectivity index (χ0v) is 8.67. The number of methoxy groups -OCH3 is 1. The van der Waals surface area contributed by atoms with Crippen LogP contribution in [0, 0.1) is 0 Å². The number of rotatable bonds is 2. The van der Waals surface area contributed by atoms with Crippen molar-refractivity contribution in [3.63, 3.8) is 0 Å². The summed E-state index contributed by atoms with van der Waals surface area (Å²) in [6.45, 7) is 1.70. The number of hydrogen-bond acceptors (Lipinski definition) is 4. The van der Waals surface area contributed by atoms with Gasteiger partial charge in [-0.3, -0.25) is 0 Å². The first-order chi connectivity index (χ1) is 6.06. The van der Waals surface area contributed by atoms with Crippen molar-refractivity contribution < 1.29 is 14.3 Å². The van der Waals surface area contributed by atoms with E-state index in [1.165, 1.54) is 7.11 Å². The summed E-state index contributed by atoms with van der Waals surface area (Å²) in [7, 11) is 1.29. The van der Waals surface area contributed by atoms with Crippen molar-refractivity contribution in [1.82, 2.24) is 0 Å². The summed E-state index contributed by atoms with van der Waals surface area (Å²) in [6, 6.07) is -0.653. The molecule has 74 valence electrons. The molecule has 1 aliphatic heterocycles. The Morgan fingerprint density at radius 1 is 1.69 bits per heavy atom. The lowest BCUT2D eigenvalue weighted by molar-refractivity contribution is -0.143. The smallest absolute Gasteiger partial charge is 0.334 e. The van der Waals surface area contributed by atoms with E-state index < -0.39 is 16.8 Å². The lowest BCUT2D eigenvalue weighted by Crippen LogP contribution is -2.28. The molecule has 0 aromatic rings. The number of hydrogen-bond donors (Lipinski definition) is 0. The summed E-state index contributed by atoms with van der Waals surface area (Å²) in [6.07, 6.45) is -0.373. The topological polar surface area (TPSA) is 47.9 Å². The second-order valence-electron chi connectivity index (χ2n) is 2.56. The Morgan fingerprint density at radius 2 is 2.31 bits per heavy atom. The molecule has 0 saturated carbocycles. The maximum atomic E-state index is 11.1. The van der Waals surface area contributed by atoms with Crippen LogP contribution in [0.25, 0.3) is 0 Å². The Kier molecular flexibility index (Phi) is 3.39. The van der Waals surface area contributed by atoms with Crippen molar-refractivity contribution >= 4 is 35.1 Å².